The normalized spacial score (nSPS) is 37.4. The van der Waals surface area contributed by atoms with Gasteiger partial charge in [0.05, 0.1) is 12.1 Å². The Morgan fingerprint density at radius 3 is 2.56 bits per heavy atom. The molecule has 1 saturated heterocycles. The lowest BCUT2D eigenvalue weighted by molar-refractivity contribution is -0.245. The summed E-state index contributed by atoms with van der Waals surface area (Å²) in [7, 11) is 1.31. The molecule has 0 aromatic carbocycles. The third-order valence-corrected chi connectivity index (χ3v) is 3.30. The minimum atomic E-state index is -4.97. The van der Waals surface area contributed by atoms with Crippen LogP contribution in [-0.2, 0) is 14.3 Å². The van der Waals surface area contributed by atoms with E-state index in [-0.39, 0.29) is 6.42 Å². The molecule has 1 fully saturated rings. The second-order valence-electron chi connectivity index (χ2n) is 4.38. The zero-order valence-corrected chi connectivity index (χ0v) is 10.2. The van der Waals surface area contributed by atoms with Gasteiger partial charge in [0, 0.05) is 13.5 Å². The highest BCUT2D eigenvalue weighted by molar-refractivity contribution is 5.82. The van der Waals surface area contributed by atoms with Crippen LogP contribution in [-0.4, -0.2) is 48.3 Å². The van der Waals surface area contributed by atoms with Crippen LogP contribution < -0.4 is 5.32 Å². The molecule has 0 aromatic rings. The lowest BCUT2D eigenvalue weighted by Gasteiger charge is -2.46. The lowest BCUT2D eigenvalue weighted by atomic mass is 9.85. The highest BCUT2D eigenvalue weighted by atomic mass is 19.4. The van der Waals surface area contributed by atoms with Crippen LogP contribution in [0.1, 0.15) is 20.3 Å². The molecule has 1 amide bonds. The van der Waals surface area contributed by atoms with Crippen molar-refractivity contribution in [2.24, 2.45) is 0 Å². The number of methoxy groups -OCH3 is 1. The topological polar surface area (TPSA) is 67.8 Å². The van der Waals surface area contributed by atoms with Crippen molar-refractivity contribution in [2.45, 2.75) is 50.5 Å². The van der Waals surface area contributed by atoms with Crippen LogP contribution in [0.4, 0.5) is 13.2 Å². The Hall–Kier alpha value is -0.860. The summed E-state index contributed by atoms with van der Waals surface area (Å²) >= 11 is 0. The van der Waals surface area contributed by atoms with Crippen LogP contribution in [0.15, 0.2) is 0 Å². The van der Waals surface area contributed by atoms with Crippen molar-refractivity contribution in [3.05, 3.63) is 0 Å². The van der Waals surface area contributed by atoms with E-state index in [2.05, 4.69) is 0 Å². The predicted octanol–water partition coefficient (Wildman–Crippen LogP) is 0.566. The molecule has 0 aliphatic carbocycles. The number of alkyl halides is 3. The number of nitrogens with one attached hydrogen (secondary N) is 1. The first-order valence-corrected chi connectivity index (χ1v) is 5.37. The number of aliphatic hydroxyl groups excluding tert-OH is 1. The Balaban J connectivity index is 2.86. The summed E-state index contributed by atoms with van der Waals surface area (Å²) in [5, 5.41) is 11.2. The number of amides is 1. The van der Waals surface area contributed by atoms with E-state index in [4.69, 9.17) is 9.47 Å². The van der Waals surface area contributed by atoms with Crippen LogP contribution in [0.25, 0.3) is 0 Å². The molecule has 0 aromatic heterocycles. The van der Waals surface area contributed by atoms with Crippen LogP contribution in [0, 0.1) is 0 Å². The maximum absolute atomic E-state index is 12.2. The number of halogens is 3. The highest BCUT2D eigenvalue weighted by Gasteiger charge is 2.50. The van der Waals surface area contributed by atoms with Crippen molar-refractivity contribution in [2.75, 3.05) is 7.11 Å². The van der Waals surface area contributed by atoms with Gasteiger partial charge in [-0.25, -0.2) is 0 Å². The van der Waals surface area contributed by atoms with Gasteiger partial charge in [-0.3, -0.25) is 4.79 Å². The molecule has 8 heteroatoms. The maximum Gasteiger partial charge on any atom is 0.471 e. The largest absolute Gasteiger partial charge is 0.471 e. The first-order chi connectivity index (χ1) is 8.11. The SMILES string of the molecule is CO[C@@]1(C)[C@@H](NC(=O)C(F)(F)F)C[C@H](O)O[C@H]1C. The Bertz CT molecular complexity index is 323. The zero-order valence-electron chi connectivity index (χ0n) is 10.2. The van der Waals surface area contributed by atoms with Crippen molar-refractivity contribution in [1.82, 2.24) is 5.32 Å². The van der Waals surface area contributed by atoms with Crippen LogP contribution in [0.5, 0.6) is 0 Å². The Morgan fingerprint density at radius 2 is 2.11 bits per heavy atom. The van der Waals surface area contributed by atoms with Gasteiger partial charge in [-0.2, -0.15) is 13.2 Å². The number of hydrogen-bond acceptors (Lipinski definition) is 4. The molecule has 1 aliphatic rings. The van der Waals surface area contributed by atoms with Crippen molar-refractivity contribution in [3.8, 4) is 0 Å². The molecule has 1 heterocycles. The van der Waals surface area contributed by atoms with Crippen molar-refractivity contribution in [3.63, 3.8) is 0 Å². The van der Waals surface area contributed by atoms with E-state index in [1.54, 1.807) is 6.92 Å². The minimum absolute atomic E-state index is 0.170. The number of rotatable bonds is 2. The van der Waals surface area contributed by atoms with Gasteiger partial charge in [-0.15, -0.1) is 0 Å². The second-order valence-corrected chi connectivity index (χ2v) is 4.38. The van der Waals surface area contributed by atoms with Gasteiger partial charge in [-0.1, -0.05) is 0 Å². The van der Waals surface area contributed by atoms with Crippen LogP contribution in [0.2, 0.25) is 0 Å². The molecule has 2 N–H and O–H groups in total. The molecule has 0 saturated carbocycles. The van der Waals surface area contributed by atoms with E-state index in [1.807, 2.05) is 5.32 Å². The first-order valence-electron chi connectivity index (χ1n) is 5.37. The molecule has 0 spiro atoms. The summed E-state index contributed by atoms with van der Waals surface area (Å²) in [4.78, 5) is 10.9. The van der Waals surface area contributed by atoms with E-state index < -0.39 is 36.1 Å². The molecule has 0 unspecified atom stereocenters. The van der Waals surface area contributed by atoms with Crippen LogP contribution >= 0.6 is 0 Å². The molecule has 0 bridgehead atoms. The number of carbonyl (C=O) groups excluding carboxylic acids is 1. The monoisotopic (exact) mass is 271 g/mol. The summed E-state index contributed by atoms with van der Waals surface area (Å²) in [6, 6.07) is -0.990. The Labute approximate surface area is 102 Å². The number of aliphatic hydroxyl groups is 1. The van der Waals surface area contributed by atoms with E-state index in [0.29, 0.717) is 0 Å². The summed E-state index contributed by atoms with van der Waals surface area (Å²) in [6.45, 7) is 3.07. The van der Waals surface area contributed by atoms with Crippen molar-refractivity contribution in [1.29, 1.82) is 0 Å². The molecule has 106 valence electrons. The van der Waals surface area contributed by atoms with Gasteiger partial charge in [0.2, 0.25) is 0 Å². The average Bonchev–Trinajstić information content (AvgIpc) is 2.23. The fourth-order valence-corrected chi connectivity index (χ4v) is 1.90. The van der Waals surface area contributed by atoms with Crippen molar-refractivity contribution >= 4 is 5.91 Å². The van der Waals surface area contributed by atoms with Crippen LogP contribution in [0.3, 0.4) is 0 Å². The fraction of sp³-hybridized carbons (Fsp3) is 0.900. The summed E-state index contributed by atoms with van der Waals surface area (Å²) < 4.78 is 46.9. The molecule has 1 rings (SSSR count). The summed E-state index contributed by atoms with van der Waals surface area (Å²) in [5.41, 5.74) is -1.14. The second kappa shape index (κ2) is 5.02. The maximum atomic E-state index is 12.2. The quantitative estimate of drug-likeness (QED) is 0.770. The molecule has 4 atom stereocenters. The van der Waals surface area contributed by atoms with Gasteiger partial charge >= 0.3 is 12.1 Å². The van der Waals surface area contributed by atoms with Gasteiger partial charge in [0.1, 0.15) is 5.60 Å². The van der Waals surface area contributed by atoms with E-state index in [1.165, 1.54) is 14.0 Å². The number of carbonyl (C=O) groups is 1. The minimum Gasteiger partial charge on any atom is -0.374 e. The predicted molar refractivity (Wildman–Crippen MR) is 54.6 cm³/mol. The highest BCUT2D eigenvalue weighted by Crippen LogP contribution is 2.31. The van der Waals surface area contributed by atoms with Gasteiger partial charge in [0.25, 0.3) is 0 Å². The average molecular weight is 271 g/mol. The Morgan fingerprint density at radius 1 is 1.56 bits per heavy atom. The van der Waals surface area contributed by atoms with E-state index in [9.17, 15) is 23.1 Å². The molecule has 0 radical (unpaired) electrons. The first kappa shape index (κ1) is 15.2. The smallest absolute Gasteiger partial charge is 0.374 e. The molecular formula is C10H16F3NO4. The number of ether oxygens (including phenoxy) is 2. The Kier molecular flexibility index (Phi) is 4.24. The third-order valence-electron chi connectivity index (χ3n) is 3.30. The van der Waals surface area contributed by atoms with E-state index in [0.717, 1.165) is 0 Å². The van der Waals surface area contributed by atoms with Crippen molar-refractivity contribution < 1.29 is 32.5 Å². The third kappa shape index (κ3) is 2.93. The van der Waals surface area contributed by atoms with Gasteiger partial charge in [0.15, 0.2) is 6.29 Å². The summed E-state index contributed by atoms with van der Waals surface area (Å²) in [6.07, 6.45) is -7.04. The zero-order chi connectivity index (χ0) is 14.1. The molecular weight excluding hydrogens is 255 g/mol. The molecule has 1 aliphatic heterocycles. The standard InChI is InChI=1S/C10H16F3NO4/c1-5-9(2,17-3)6(4-7(15)18-5)14-8(16)10(11,12)13/h5-7,15H,4H2,1-3H3,(H,14,16)/t5-,6-,7+,9+/m0/s1. The van der Waals surface area contributed by atoms with E-state index >= 15 is 0 Å². The number of hydrogen-bond donors (Lipinski definition) is 2. The molecule has 5 nitrogen and oxygen atoms in total. The fourth-order valence-electron chi connectivity index (χ4n) is 1.90. The molecule has 18 heavy (non-hydrogen) atoms. The lowest BCUT2D eigenvalue weighted by Crippen LogP contribution is -2.64. The van der Waals surface area contributed by atoms with Gasteiger partial charge in [-0.05, 0) is 13.8 Å². The summed E-state index contributed by atoms with van der Waals surface area (Å²) in [5.74, 6) is -2.06. The van der Waals surface area contributed by atoms with Gasteiger partial charge < -0.3 is 19.9 Å².